The number of fused-ring (bicyclic) bond motifs is 1. The van der Waals surface area contributed by atoms with Crippen LogP contribution >= 0.6 is 37.5 Å². The molecule has 4 unspecified atom stereocenters. The van der Waals surface area contributed by atoms with Crippen molar-refractivity contribution in [3.8, 4) is 0 Å². The van der Waals surface area contributed by atoms with Gasteiger partial charge in [-0.15, -0.1) is 0 Å². The molecular formula is C8H14Cl2O2P2. The van der Waals surface area contributed by atoms with E-state index in [1.165, 1.54) is 12.8 Å². The van der Waals surface area contributed by atoms with Crippen LogP contribution in [0.25, 0.3) is 0 Å². The predicted octanol–water partition coefficient (Wildman–Crippen LogP) is 4.45. The second-order valence-electron chi connectivity index (χ2n) is 3.65. The first-order valence-corrected chi connectivity index (χ1v) is 9.66. The minimum Gasteiger partial charge on any atom is -0.337 e. The van der Waals surface area contributed by atoms with Gasteiger partial charge in [-0.2, -0.15) is 0 Å². The molecule has 0 aromatic carbocycles. The largest absolute Gasteiger partial charge is 0.337 e. The molecule has 1 aliphatic carbocycles. The third kappa shape index (κ3) is 3.17. The third-order valence-electron chi connectivity index (χ3n) is 2.59. The Balaban J connectivity index is 1.98. The van der Waals surface area contributed by atoms with Crippen molar-refractivity contribution in [1.82, 2.24) is 0 Å². The first-order valence-electron chi connectivity index (χ1n) is 4.96. The standard InChI is InChI=1S/C8H14Cl2O2P2/c9-13-5-6-14(10)12-8-4-2-1-3-7(8)11-13/h7-8H,1-6H2. The van der Waals surface area contributed by atoms with E-state index in [-0.39, 0.29) is 12.2 Å². The summed E-state index contributed by atoms with van der Waals surface area (Å²) in [7, 11) is -1.56. The van der Waals surface area contributed by atoms with Crippen LogP contribution < -0.4 is 0 Å². The molecule has 2 nitrogen and oxygen atoms in total. The fourth-order valence-electron chi connectivity index (χ4n) is 1.86. The number of rotatable bonds is 0. The first kappa shape index (κ1) is 11.8. The quantitative estimate of drug-likeness (QED) is 0.608. The Bertz CT molecular complexity index is 176. The van der Waals surface area contributed by atoms with Gasteiger partial charge in [-0.3, -0.25) is 0 Å². The van der Waals surface area contributed by atoms with Crippen molar-refractivity contribution < 1.29 is 9.05 Å². The molecule has 2 aliphatic rings. The van der Waals surface area contributed by atoms with E-state index in [0.717, 1.165) is 25.2 Å². The highest BCUT2D eigenvalue weighted by Gasteiger charge is 2.32. The molecule has 2 fully saturated rings. The van der Waals surface area contributed by atoms with Gasteiger partial charge in [0.25, 0.3) is 0 Å². The Morgan fingerprint density at radius 3 is 1.71 bits per heavy atom. The van der Waals surface area contributed by atoms with Crippen LogP contribution in [0.4, 0.5) is 0 Å². The highest BCUT2D eigenvalue weighted by Crippen LogP contribution is 2.55. The van der Waals surface area contributed by atoms with E-state index >= 15 is 0 Å². The van der Waals surface area contributed by atoms with Crippen LogP contribution in [-0.2, 0) is 9.05 Å². The molecule has 0 N–H and O–H groups in total. The van der Waals surface area contributed by atoms with Crippen LogP contribution in [0.3, 0.4) is 0 Å². The zero-order valence-corrected chi connectivity index (χ0v) is 11.2. The predicted molar refractivity (Wildman–Crippen MR) is 63.5 cm³/mol. The Morgan fingerprint density at radius 2 is 1.29 bits per heavy atom. The van der Waals surface area contributed by atoms with E-state index < -0.39 is 15.0 Å². The maximum absolute atomic E-state index is 6.12. The molecule has 0 radical (unpaired) electrons. The smallest absolute Gasteiger partial charge is 0.125 e. The summed E-state index contributed by atoms with van der Waals surface area (Å²) in [6.45, 7) is 0. The second kappa shape index (κ2) is 5.62. The normalized spacial score (nSPS) is 45.0. The molecule has 1 aliphatic heterocycles. The van der Waals surface area contributed by atoms with Crippen molar-refractivity contribution >= 4 is 37.5 Å². The monoisotopic (exact) mass is 274 g/mol. The van der Waals surface area contributed by atoms with Crippen LogP contribution in [-0.4, -0.2) is 24.5 Å². The molecule has 1 saturated heterocycles. The minimum atomic E-state index is -0.782. The molecule has 2 rings (SSSR count). The highest BCUT2D eigenvalue weighted by atomic mass is 35.7. The lowest BCUT2D eigenvalue weighted by molar-refractivity contribution is 0.0391. The minimum absolute atomic E-state index is 0.205. The lowest BCUT2D eigenvalue weighted by Crippen LogP contribution is -2.33. The average molecular weight is 275 g/mol. The molecule has 0 spiro atoms. The van der Waals surface area contributed by atoms with E-state index in [9.17, 15) is 0 Å². The molecule has 0 bridgehead atoms. The molecular weight excluding hydrogens is 261 g/mol. The zero-order valence-electron chi connectivity index (χ0n) is 7.86. The van der Waals surface area contributed by atoms with E-state index in [0.29, 0.717) is 0 Å². The van der Waals surface area contributed by atoms with Crippen LogP contribution in [0.1, 0.15) is 25.7 Å². The Morgan fingerprint density at radius 1 is 0.857 bits per heavy atom. The van der Waals surface area contributed by atoms with Gasteiger partial charge in [0.05, 0.1) is 12.2 Å². The van der Waals surface area contributed by atoms with E-state index in [1.807, 2.05) is 0 Å². The van der Waals surface area contributed by atoms with Gasteiger partial charge in [0.2, 0.25) is 0 Å². The summed E-state index contributed by atoms with van der Waals surface area (Å²) in [6, 6.07) is 0. The van der Waals surface area contributed by atoms with E-state index in [2.05, 4.69) is 0 Å². The zero-order chi connectivity index (χ0) is 9.97. The summed E-state index contributed by atoms with van der Waals surface area (Å²) in [4.78, 5) is 0. The first-order chi connectivity index (χ1) is 6.75. The van der Waals surface area contributed by atoms with Gasteiger partial charge >= 0.3 is 0 Å². The summed E-state index contributed by atoms with van der Waals surface area (Å²) in [5.41, 5.74) is 0. The van der Waals surface area contributed by atoms with E-state index in [4.69, 9.17) is 31.5 Å². The van der Waals surface area contributed by atoms with Crippen molar-refractivity contribution in [3.05, 3.63) is 0 Å². The van der Waals surface area contributed by atoms with Crippen LogP contribution in [0.5, 0.6) is 0 Å². The maximum atomic E-state index is 6.12. The molecule has 4 atom stereocenters. The van der Waals surface area contributed by atoms with Gasteiger partial charge in [0.15, 0.2) is 0 Å². The van der Waals surface area contributed by atoms with Gasteiger partial charge in [0, 0.05) is 12.3 Å². The Hall–Kier alpha value is 1.36. The Labute approximate surface area is 96.9 Å². The third-order valence-corrected chi connectivity index (χ3v) is 6.59. The van der Waals surface area contributed by atoms with Gasteiger partial charge in [-0.1, -0.05) is 35.3 Å². The second-order valence-corrected chi connectivity index (χ2v) is 8.50. The topological polar surface area (TPSA) is 18.5 Å². The van der Waals surface area contributed by atoms with Crippen molar-refractivity contribution in [2.75, 3.05) is 12.3 Å². The number of hydrogen-bond donors (Lipinski definition) is 0. The summed E-state index contributed by atoms with van der Waals surface area (Å²) in [5.74, 6) is 0. The molecule has 1 heterocycles. The highest BCUT2D eigenvalue weighted by molar-refractivity contribution is 7.83. The molecule has 6 heteroatoms. The van der Waals surface area contributed by atoms with Gasteiger partial charge in [0.1, 0.15) is 15.0 Å². The van der Waals surface area contributed by atoms with E-state index in [1.54, 1.807) is 0 Å². The Kier molecular flexibility index (Phi) is 4.75. The summed E-state index contributed by atoms with van der Waals surface area (Å²) >= 11 is 12.2. The van der Waals surface area contributed by atoms with Crippen LogP contribution in [0.15, 0.2) is 0 Å². The SMILES string of the molecule is ClP1CCP(Cl)OC2CCCCC2O1. The van der Waals surface area contributed by atoms with Crippen molar-refractivity contribution in [2.24, 2.45) is 0 Å². The maximum Gasteiger partial charge on any atom is 0.125 e. The van der Waals surface area contributed by atoms with Crippen LogP contribution in [0.2, 0.25) is 0 Å². The molecule has 82 valence electrons. The summed E-state index contributed by atoms with van der Waals surface area (Å²) in [6.07, 6.45) is 6.76. The van der Waals surface area contributed by atoms with Crippen LogP contribution in [0, 0.1) is 0 Å². The summed E-state index contributed by atoms with van der Waals surface area (Å²) in [5, 5.41) is 0. The average Bonchev–Trinajstić information content (AvgIpc) is 2.16. The van der Waals surface area contributed by atoms with Crippen molar-refractivity contribution in [1.29, 1.82) is 0 Å². The van der Waals surface area contributed by atoms with Gasteiger partial charge < -0.3 is 9.05 Å². The molecule has 0 aromatic heterocycles. The molecule has 14 heavy (non-hydrogen) atoms. The number of hydrogen-bond acceptors (Lipinski definition) is 2. The number of halogens is 2. The summed E-state index contributed by atoms with van der Waals surface area (Å²) < 4.78 is 11.6. The fourth-order valence-corrected chi connectivity index (χ4v) is 6.37. The molecule has 0 aromatic rings. The van der Waals surface area contributed by atoms with Gasteiger partial charge in [-0.05, 0) is 12.8 Å². The fraction of sp³-hybridized carbons (Fsp3) is 1.00. The lowest BCUT2D eigenvalue weighted by Gasteiger charge is -2.35. The molecule has 1 saturated carbocycles. The van der Waals surface area contributed by atoms with Crippen molar-refractivity contribution in [3.63, 3.8) is 0 Å². The van der Waals surface area contributed by atoms with Crippen molar-refractivity contribution in [2.45, 2.75) is 37.9 Å². The molecule has 0 amide bonds. The van der Waals surface area contributed by atoms with Gasteiger partial charge in [-0.25, -0.2) is 0 Å². The lowest BCUT2D eigenvalue weighted by atomic mass is 9.95.